The van der Waals surface area contributed by atoms with Crippen LogP contribution >= 0.6 is 22.9 Å². The highest BCUT2D eigenvalue weighted by Crippen LogP contribution is 2.35. The molecule has 0 spiro atoms. The highest BCUT2D eigenvalue weighted by atomic mass is 35.5. The number of carbonyl (C=O) groups is 5. The lowest BCUT2D eigenvalue weighted by atomic mass is 9.85. The molecule has 3 atom stereocenters. The van der Waals surface area contributed by atoms with Gasteiger partial charge in [-0.15, -0.1) is 16.4 Å². The third-order valence-corrected chi connectivity index (χ3v) is 15.0. The molecule has 0 saturated carbocycles. The number of hydrogen-bond donors (Lipinski definition) is 6. The van der Waals surface area contributed by atoms with Crippen LogP contribution in [-0.4, -0.2) is 79.2 Å². The van der Waals surface area contributed by atoms with E-state index < -0.39 is 29.6 Å². The number of thiazole rings is 1. The topological polar surface area (TPSA) is 214 Å². The maximum absolute atomic E-state index is 14.0. The van der Waals surface area contributed by atoms with E-state index in [0.717, 1.165) is 110 Å². The number of nitrogens with zero attached hydrogens (tertiary/aromatic N) is 4. The lowest BCUT2D eigenvalue weighted by Crippen LogP contribution is -2.57. The van der Waals surface area contributed by atoms with Crippen LogP contribution in [0.1, 0.15) is 133 Å². The standard InChI is InChI=1S/C58H72ClN9O6S/c1-38-52(75-37-62-38)40-30-28-39(29-31-40)35-61-55(72)48-34-45(69)36-67(48)56(73)53(58(2,3)4)65-49(70)26-15-13-11-9-7-5-6-8-10-12-14-16-27-50(71)68-47-25-19-24-46(51(47)54(60)66-68)41-20-17-22-43(32-41)63-57(74)64-44-23-18-21-42(59)33-44/h17-25,28-33,37,45,48,53,69H,5-16,26-27,34-36H2,1-4H3,(H2,60,66)(H,61,72)(H,65,70)(H2,63,64,74)/t45-,48+,53-/m1/s1. The van der Waals surface area contributed by atoms with E-state index in [9.17, 15) is 29.1 Å². The number of nitrogen functional groups attached to an aromatic ring is 1. The molecular weight excluding hydrogens is 986 g/mol. The Kier molecular flexibility index (Phi) is 20.0. The molecule has 7 rings (SSSR count). The molecule has 3 heterocycles. The molecule has 1 aliphatic rings. The van der Waals surface area contributed by atoms with Crippen LogP contribution in [-0.2, 0) is 20.9 Å². The first-order valence-corrected chi connectivity index (χ1v) is 27.6. The van der Waals surface area contributed by atoms with Gasteiger partial charge in [0.25, 0.3) is 0 Å². The molecule has 0 radical (unpaired) electrons. The van der Waals surface area contributed by atoms with Crippen molar-refractivity contribution in [3.8, 4) is 21.6 Å². The smallest absolute Gasteiger partial charge is 0.323 e. The number of β-amino-alcohol motifs (C(OH)–C–C–N with tert-alkyl or cyclic N) is 1. The van der Waals surface area contributed by atoms with Crippen LogP contribution in [0, 0.1) is 12.3 Å². The number of nitrogens with one attached hydrogen (secondary N) is 4. The zero-order chi connectivity index (χ0) is 53.5. The number of aliphatic hydroxyl groups is 1. The van der Waals surface area contributed by atoms with Gasteiger partial charge in [0.05, 0.1) is 33.1 Å². The monoisotopic (exact) mass is 1060 g/mol. The molecular formula is C58H72ClN9O6S. The third-order valence-electron chi connectivity index (χ3n) is 13.7. The number of rotatable bonds is 24. The van der Waals surface area contributed by atoms with E-state index in [-0.39, 0.29) is 49.0 Å². The molecule has 17 heteroatoms. The van der Waals surface area contributed by atoms with Gasteiger partial charge in [0, 0.05) is 48.7 Å². The van der Waals surface area contributed by atoms with Gasteiger partial charge >= 0.3 is 6.03 Å². The Bertz CT molecular complexity index is 2910. The van der Waals surface area contributed by atoms with Crippen molar-refractivity contribution in [3.63, 3.8) is 0 Å². The predicted octanol–water partition coefficient (Wildman–Crippen LogP) is 11.9. The first kappa shape index (κ1) is 56.1. The summed E-state index contributed by atoms with van der Waals surface area (Å²) in [5, 5.41) is 27.9. The fraction of sp³-hybridized carbons (Fsp3) is 0.431. The second kappa shape index (κ2) is 26.7. The number of amides is 5. The molecule has 75 heavy (non-hydrogen) atoms. The number of benzene rings is 4. The fourth-order valence-electron chi connectivity index (χ4n) is 9.70. The van der Waals surface area contributed by atoms with E-state index in [0.29, 0.717) is 40.1 Å². The van der Waals surface area contributed by atoms with Gasteiger partial charge in [-0.05, 0) is 83.8 Å². The number of aryl methyl sites for hydroxylation is 1. The first-order chi connectivity index (χ1) is 36.0. The summed E-state index contributed by atoms with van der Waals surface area (Å²) in [4.78, 5) is 73.7. The highest BCUT2D eigenvalue weighted by molar-refractivity contribution is 7.13. The van der Waals surface area contributed by atoms with Crippen LogP contribution in [0.2, 0.25) is 5.02 Å². The van der Waals surface area contributed by atoms with E-state index in [4.69, 9.17) is 17.3 Å². The van der Waals surface area contributed by atoms with Gasteiger partial charge in [-0.3, -0.25) is 19.2 Å². The Morgan fingerprint density at radius 1 is 0.787 bits per heavy atom. The first-order valence-electron chi connectivity index (χ1n) is 26.3. The SMILES string of the molecule is Cc1ncsc1-c1ccc(CNC(=O)[C@@H]2C[C@@H](O)CN2C(=O)[C@@H](NC(=O)CCCCCCCCCCCCCCC(=O)n2nc(N)c3c(-c4cccc(NC(=O)Nc5cccc(Cl)c5)c4)cccc32)C(C)(C)C)cc1. The zero-order valence-corrected chi connectivity index (χ0v) is 45.2. The number of carbonyl (C=O) groups excluding carboxylic acids is 5. The largest absolute Gasteiger partial charge is 0.391 e. The van der Waals surface area contributed by atoms with Crippen LogP contribution in [0.4, 0.5) is 22.0 Å². The number of fused-ring (bicyclic) bond motifs is 1. The molecule has 398 valence electrons. The normalized spacial score (nSPS) is 14.9. The van der Waals surface area contributed by atoms with Gasteiger partial charge < -0.3 is 37.0 Å². The second-order valence-corrected chi connectivity index (χ2v) is 22.0. The molecule has 4 aromatic carbocycles. The number of anilines is 3. The van der Waals surface area contributed by atoms with Crippen molar-refractivity contribution in [2.75, 3.05) is 22.9 Å². The van der Waals surface area contributed by atoms with E-state index in [2.05, 4.69) is 31.3 Å². The number of likely N-dealkylation sites (tertiary alicyclic amines) is 1. The van der Waals surface area contributed by atoms with Crippen molar-refractivity contribution in [1.82, 2.24) is 30.3 Å². The minimum atomic E-state index is -0.847. The maximum Gasteiger partial charge on any atom is 0.323 e. The molecule has 2 aromatic heterocycles. The van der Waals surface area contributed by atoms with Gasteiger partial charge in [-0.2, -0.15) is 4.68 Å². The van der Waals surface area contributed by atoms with E-state index in [1.165, 1.54) is 9.58 Å². The van der Waals surface area contributed by atoms with Gasteiger partial charge in [0.2, 0.25) is 23.6 Å². The summed E-state index contributed by atoms with van der Waals surface area (Å²) in [5.74, 6) is -0.707. The second-order valence-electron chi connectivity index (χ2n) is 20.7. The van der Waals surface area contributed by atoms with E-state index in [1.807, 2.05) is 93.9 Å². The van der Waals surface area contributed by atoms with Crippen molar-refractivity contribution in [3.05, 3.63) is 113 Å². The minimum Gasteiger partial charge on any atom is -0.391 e. The molecule has 0 bridgehead atoms. The van der Waals surface area contributed by atoms with Crippen LogP contribution < -0.4 is 27.0 Å². The summed E-state index contributed by atoms with van der Waals surface area (Å²) >= 11 is 7.64. The summed E-state index contributed by atoms with van der Waals surface area (Å²) in [7, 11) is 0. The number of urea groups is 1. The maximum atomic E-state index is 14.0. The van der Waals surface area contributed by atoms with Crippen molar-refractivity contribution < 1.29 is 29.1 Å². The molecule has 15 nitrogen and oxygen atoms in total. The zero-order valence-electron chi connectivity index (χ0n) is 43.6. The summed E-state index contributed by atoms with van der Waals surface area (Å²) in [6, 6.07) is 25.8. The molecule has 1 saturated heterocycles. The Morgan fingerprint density at radius 3 is 2.03 bits per heavy atom. The highest BCUT2D eigenvalue weighted by Gasteiger charge is 2.44. The average Bonchev–Trinajstić information content (AvgIpc) is 4.11. The Labute approximate surface area is 449 Å². The molecule has 5 amide bonds. The van der Waals surface area contributed by atoms with Crippen molar-refractivity contribution >= 4 is 80.7 Å². The molecule has 1 fully saturated rings. The van der Waals surface area contributed by atoms with Crippen LogP contribution in [0.3, 0.4) is 0 Å². The molecule has 0 aliphatic carbocycles. The lowest BCUT2D eigenvalue weighted by Gasteiger charge is -2.35. The van der Waals surface area contributed by atoms with Gasteiger partial charge in [-0.25, -0.2) is 9.78 Å². The number of nitrogens with two attached hydrogens (primary N) is 1. The van der Waals surface area contributed by atoms with Crippen LogP contribution in [0.15, 0.2) is 96.5 Å². The number of aliphatic hydroxyl groups excluding tert-OH is 1. The summed E-state index contributed by atoms with van der Waals surface area (Å²) < 4.78 is 1.42. The number of hydrogen-bond acceptors (Lipinski definition) is 10. The fourth-order valence-corrected chi connectivity index (χ4v) is 10.7. The van der Waals surface area contributed by atoms with E-state index in [1.54, 1.807) is 41.7 Å². The molecule has 7 N–H and O–H groups in total. The van der Waals surface area contributed by atoms with Crippen molar-refractivity contribution in [2.24, 2.45) is 5.41 Å². The Morgan fingerprint density at radius 2 is 1.40 bits per heavy atom. The van der Waals surface area contributed by atoms with Gasteiger partial charge in [-0.1, -0.05) is 151 Å². The quantitative estimate of drug-likeness (QED) is 0.0318. The van der Waals surface area contributed by atoms with E-state index >= 15 is 0 Å². The average molecular weight is 1060 g/mol. The van der Waals surface area contributed by atoms with Crippen molar-refractivity contribution in [2.45, 2.75) is 149 Å². The minimum absolute atomic E-state index is 0.0331. The number of halogens is 1. The van der Waals surface area contributed by atoms with Gasteiger partial charge in [0.15, 0.2) is 5.82 Å². The molecule has 0 unspecified atom stereocenters. The third kappa shape index (κ3) is 15.7. The van der Waals surface area contributed by atoms with Crippen molar-refractivity contribution in [1.29, 1.82) is 0 Å². The molecule has 1 aliphatic heterocycles. The van der Waals surface area contributed by atoms with Gasteiger partial charge in [0.1, 0.15) is 12.1 Å². The summed E-state index contributed by atoms with van der Waals surface area (Å²) in [5.41, 5.74) is 14.0. The Balaban J connectivity index is 0.745. The summed E-state index contributed by atoms with van der Waals surface area (Å²) in [6.45, 7) is 7.98. The molecule has 6 aromatic rings. The lowest BCUT2D eigenvalue weighted by molar-refractivity contribution is -0.144. The Hall–Kier alpha value is -6.62. The van der Waals surface area contributed by atoms with Crippen LogP contribution in [0.25, 0.3) is 32.5 Å². The summed E-state index contributed by atoms with van der Waals surface area (Å²) in [6.07, 6.45) is 12.3. The predicted molar refractivity (Wildman–Crippen MR) is 301 cm³/mol. The number of unbranched alkanes of at least 4 members (excludes halogenated alkanes) is 11. The number of aromatic nitrogens is 3. The van der Waals surface area contributed by atoms with Crippen LogP contribution in [0.5, 0.6) is 0 Å².